The lowest BCUT2D eigenvalue weighted by molar-refractivity contribution is -0.0479. The zero-order chi connectivity index (χ0) is 14.6. The molecule has 0 saturated carbocycles. The topological polar surface area (TPSA) is 65.4 Å². The van der Waals surface area contributed by atoms with E-state index in [0.717, 1.165) is 11.4 Å². The molecule has 0 fully saturated rings. The van der Waals surface area contributed by atoms with Gasteiger partial charge < -0.3 is 14.8 Å². The number of hydrogen-bond acceptors (Lipinski definition) is 4. The molecule has 0 aliphatic heterocycles. The van der Waals surface area contributed by atoms with Gasteiger partial charge in [0.25, 0.3) is 5.91 Å². The van der Waals surface area contributed by atoms with E-state index >= 15 is 0 Å². The van der Waals surface area contributed by atoms with Gasteiger partial charge in [0.2, 0.25) is 0 Å². The second-order valence-electron chi connectivity index (χ2n) is 4.94. The molecule has 0 aromatic carbocycles. The predicted octanol–water partition coefficient (Wildman–Crippen LogP) is 0.818. The summed E-state index contributed by atoms with van der Waals surface area (Å²) >= 11 is 0. The van der Waals surface area contributed by atoms with Crippen molar-refractivity contribution in [2.75, 3.05) is 27.4 Å². The van der Waals surface area contributed by atoms with Crippen LogP contribution in [0.25, 0.3) is 0 Å². The van der Waals surface area contributed by atoms with Gasteiger partial charge in [-0.1, -0.05) is 0 Å². The number of carbonyl (C=O) groups excluding carboxylic acids is 1. The summed E-state index contributed by atoms with van der Waals surface area (Å²) in [6.45, 7) is 6.38. The van der Waals surface area contributed by atoms with Crippen LogP contribution >= 0.6 is 0 Å². The minimum Gasteiger partial charge on any atom is -0.382 e. The van der Waals surface area contributed by atoms with Gasteiger partial charge in [-0.25, -0.2) is 0 Å². The Morgan fingerprint density at radius 1 is 1.42 bits per heavy atom. The molecule has 0 bridgehead atoms. The van der Waals surface area contributed by atoms with E-state index in [1.165, 1.54) is 0 Å². The number of nitrogens with one attached hydrogen (secondary N) is 1. The quantitative estimate of drug-likeness (QED) is 0.830. The van der Waals surface area contributed by atoms with E-state index < -0.39 is 5.60 Å². The molecule has 0 aliphatic rings. The van der Waals surface area contributed by atoms with Crippen LogP contribution in [0.15, 0.2) is 0 Å². The highest BCUT2D eigenvalue weighted by Gasteiger charge is 2.26. The largest absolute Gasteiger partial charge is 0.382 e. The van der Waals surface area contributed by atoms with Crippen molar-refractivity contribution >= 4 is 5.91 Å². The minimum absolute atomic E-state index is 0.137. The van der Waals surface area contributed by atoms with E-state index in [4.69, 9.17) is 9.47 Å². The van der Waals surface area contributed by atoms with Gasteiger partial charge in [0.05, 0.1) is 17.9 Å². The van der Waals surface area contributed by atoms with Crippen molar-refractivity contribution < 1.29 is 14.3 Å². The molecule has 0 aliphatic carbocycles. The Kier molecular flexibility index (Phi) is 5.08. The summed E-state index contributed by atoms with van der Waals surface area (Å²) in [6.07, 6.45) is 0. The molecule has 1 N–H and O–H groups in total. The normalized spacial score (nSPS) is 14.2. The summed E-state index contributed by atoms with van der Waals surface area (Å²) in [6, 6.07) is 0. The van der Waals surface area contributed by atoms with Crippen LogP contribution in [0.4, 0.5) is 0 Å². The lowest BCUT2D eigenvalue weighted by Gasteiger charge is -2.27. The van der Waals surface area contributed by atoms with Crippen molar-refractivity contribution in [3.05, 3.63) is 17.0 Å². The van der Waals surface area contributed by atoms with E-state index in [1.807, 2.05) is 27.8 Å². The zero-order valence-corrected chi connectivity index (χ0v) is 12.5. The maximum Gasteiger partial charge on any atom is 0.255 e. The Bertz CT molecular complexity index is 456. The predicted molar refractivity (Wildman–Crippen MR) is 72.3 cm³/mol. The van der Waals surface area contributed by atoms with Crippen LogP contribution in [0, 0.1) is 13.8 Å². The van der Waals surface area contributed by atoms with E-state index in [9.17, 15) is 4.79 Å². The number of methoxy groups -OCH3 is 2. The number of rotatable bonds is 6. The summed E-state index contributed by atoms with van der Waals surface area (Å²) < 4.78 is 12.2. The van der Waals surface area contributed by atoms with Crippen LogP contribution in [0.3, 0.4) is 0 Å². The average molecular weight is 269 g/mol. The molecule has 0 spiro atoms. The van der Waals surface area contributed by atoms with Crippen molar-refractivity contribution in [1.82, 2.24) is 15.1 Å². The molecule has 6 nitrogen and oxygen atoms in total. The summed E-state index contributed by atoms with van der Waals surface area (Å²) in [7, 11) is 5.03. The molecule has 1 rings (SSSR count). The Morgan fingerprint density at radius 2 is 2.05 bits per heavy atom. The molecule has 1 heterocycles. The fraction of sp³-hybridized carbons (Fsp3) is 0.692. The Hall–Kier alpha value is -1.40. The standard InChI is InChI=1S/C13H23N3O3/c1-9-11(10(2)16(4)15-9)12(17)14-7-13(3,19-6)8-18-5/h7-8H2,1-6H3,(H,14,17). The first-order chi connectivity index (χ1) is 8.84. The van der Waals surface area contributed by atoms with Crippen LogP contribution in [0.1, 0.15) is 28.7 Å². The monoisotopic (exact) mass is 269 g/mol. The number of ether oxygens (including phenoxy) is 2. The van der Waals surface area contributed by atoms with Crippen molar-refractivity contribution in [2.24, 2.45) is 7.05 Å². The molecule has 0 radical (unpaired) electrons. The third kappa shape index (κ3) is 3.54. The van der Waals surface area contributed by atoms with Gasteiger partial charge in [0, 0.05) is 33.5 Å². The molecule has 1 unspecified atom stereocenters. The van der Waals surface area contributed by atoms with Crippen LogP contribution < -0.4 is 5.32 Å². The first-order valence-corrected chi connectivity index (χ1v) is 6.17. The molecule has 108 valence electrons. The van der Waals surface area contributed by atoms with Crippen LogP contribution in [-0.4, -0.2) is 48.7 Å². The maximum absolute atomic E-state index is 12.2. The highest BCUT2D eigenvalue weighted by Crippen LogP contribution is 2.13. The fourth-order valence-electron chi connectivity index (χ4n) is 1.95. The number of carbonyl (C=O) groups is 1. The van der Waals surface area contributed by atoms with Crippen molar-refractivity contribution in [3.63, 3.8) is 0 Å². The molecule has 19 heavy (non-hydrogen) atoms. The van der Waals surface area contributed by atoms with Gasteiger partial charge in [-0.15, -0.1) is 0 Å². The smallest absolute Gasteiger partial charge is 0.255 e. The zero-order valence-electron chi connectivity index (χ0n) is 12.5. The first kappa shape index (κ1) is 15.7. The van der Waals surface area contributed by atoms with E-state index in [2.05, 4.69) is 10.4 Å². The highest BCUT2D eigenvalue weighted by atomic mass is 16.5. The number of hydrogen-bond donors (Lipinski definition) is 1. The number of aromatic nitrogens is 2. The number of nitrogens with zero attached hydrogens (tertiary/aromatic N) is 2. The van der Waals surface area contributed by atoms with Crippen LogP contribution in [0.2, 0.25) is 0 Å². The van der Waals surface area contributed by atoms with Gasteiger partial charge in [-0.3, -0.25) is 9.48 Å². The van der Waals surface area contributed by atoms with Crippen LogP contribution in [0.5, 0.6) is 0 Å². The van der Waals surface area contributed by atoms with Crippen molar-refractivity contribution in [2.45, 2.75) is 26.4 Å². The second-order valence-corrected chi connectivity index (χ2v) is 4.94. The fourth-order valence-corrected chi connectivity index (χ4v) is 1.95. The first-order valence-electron chi connectivity index (χ1n) is 6.17. The SMILES string of the molecule is COCC(C)(CNC(=O)c1c(C)nn(C)c1C)OC. The highest BCUT2D eigenvalue weighted by molar-refractivity contribution is 5.96. The summed E-state index contributed by atoms with van der Waals surface area (Å²) in [5, 5.41) is 7.11. The molecule has 1 amide bonds. The van der Waals surface area contributed by atoms with Crippen LogP contribution in [-0.2, 0) is 16.5 Å². The Labute approximate surface area is 114 Å². The van der Waals surface area contributed by atoms with Gasteiger partial charge in [-0.05, 0) is 20.8 Å². The van der Waals surface area contributed by atoms with E-state index in [-0.39, 0.29) is 5.91 Å². The van der Waals surface area contributed by atoms with E-state index in [1.54, 1.807) is 18.9 Å². The van der Waals surface area contributed by atoms with Gasteiger partial charge >= 0.3 is 0 Å². The van der Waals surface area contributed by atoms with Crippen molar-refractivity contribution in [3.8, 4) is 0 Å². The van der Waals surface area contributed by atoms with Gasteiger partial charge in [0.15, 0.2) is 0 Å². The number of aryl methyl sites for hydroxylation is 2. The minimum atomic E-state index is -0.533. The Balaban J connectivity index is 2.75. The summed E-state index contributed by atoms with van der Waals surface area (Å²) in [5.74, 6) is -0.137. The molecule has 0 saturated heterocycles. The molecular formula is C13H23N3O3. The Morgan fingerprint density at radius 3 is 2.47 bits per heavy atom. The van der Waals surface area contributed by atoms with Gasteiger partial charge in [0.1, 0.15) is 5.60 Å². The van der Waals surface area contributed by atoms with Gasteiger partial charge in [-0.2, -0.15) is 5.10 Å². The lowest BCUT2D eigenvalue weighted by Crippen LogP contribution is -2.45. The van der Waals surface area contributed by atoms with E-state index in [0.29, 0.717) is 18.7 Å². The average Bonchev–Trinajstić information content (AvgIpc) is 2.61. The second kappa shape index (κ2) is 6.16. The third-order valence-corrected chi connectivity index (χ3v) is 3.30. The maximum atomic E-state index is 12.2. The van der Waals surface area contributed by atoms with Crippen molar-refractivity contribution in [1.29, 1.82) is 0 Å². The molecule has 1 atom stereocenters. The number of amides is 1. The lowest BCUT2D eigenvalue weighted by atomic mass is 10.1. The third-order valence-electron chi connectivity index (χ3n) is 3.30. The molecule has 6 heteroatoms. The molecule has 1 aromatic heterocycles. The summed E-state index contributed by atoms with van der Waals surface area (Å²) in [5.41, 5.74) is 1.66. The summed E-state index contributed by atoms with van der Waals surface area (Å²) in [4.78, 5) is 12.2. The molecule has 1 aromatic rings. The molecular weight excluding hydrogens is 246 g/mol.